The summed E-state index contributed by atoms with van der Waals surface area (Å²) in [6, 6.07) is 10.3. The number of benzene rings is 1. The van der Waals surface area contributed by atoms with Crippen LogP contribution in [-0.2, 0) is 6.42 Å². The van der Waals surface area contributed by atoms with E-state index < -0.39 is 0 Å². The van der Waals surface area contributed by atoms with Crippen molar-refractivity contribution < 1.29 is 0 Å². The molecule has 2 aromatic heterocycles. The maximum atomic E-state index is 4.46. The minimum absolute atomic E-state index is 0.858. The maximum absolute atomic E-state index is 4.46. The van der Waals surface area contributed by atoms with Gasteiger partial charge in [0.25, 0.3) is 0 Å². The highest BCUT2D eigenvalue weighted by Gasteiger charge is 2.05. The summed E-state index contributed by atoms with van der Waals surface area (Å²) in [5, 5.41) is 2.29. The van der Waals surface area contributed by atoms with Gasteiger partial charge >= 0.3 is 0 Å². The van der Waals surface area contributed by atoms with E-state index in [1.165, 1.54) is 10.9 Å². The van der Waals surface area contributed by atoms with E-state index in [2.05, 4.69) is 34.7 Å². The molecule has 17 heavy (non-hydrogen) atoms. The highest BCUT2D eigenvalue weighted by atomic mass is 14.7. The molecule has 0 bridgehead atoms. The fraction of sp³-hybridized carbons (Fsp3) is 0.0667. The average molecular weight is 220 g/mol. The predicted molar refractivity (Wildman–Crippen MR) is 70.9 cm³/mol. The molecule has 0 saturated carbocycles. The smallest absolute Gasteiger partial charge is 0.0967 e. The number of pyridine rings is 2. The molecule has 0 aliphatic carbocycles. The van der Waals surface area contributed by atoms with Crippen LogP contribution in [0.5, 0.6) is 0 Å². The summed E-state index contributed by atoms with van der Waals surface area (Å²) in [7, 11) is 0. The van der Waals surface area contributed by atoms with Crippen LogP contribution >= 0.6 is 0 Å². The Kier molecular flexibility index (Phi) is 2.33. The summed E-state index contributed by atoms with van der Waals surface area (Å²) in [5.41, 5.74) is 3.19. The molecule has 0 saturated heterocycles. The van der Waals surface area contributed by atoms with Gasteiger partial charge in [0, 0.05) is 23.2 Å². The van der Waals surface area contributed by atoms with Crippen molar-refractivity contribution in [2.45, 2.75) is 6.42 Å². The standard InChI is InChI=1S/C15H12N2/c1-2-4-11-8-10-17-15-13(11)7-6-12-5-3-9-16-14(12)15/h2-3,5-10H,1,4H2. The summed E-state index contributed by atoms with van der Waals surface area (Å²) < 4.78 is 0. The van der Waals surface area contributed by atoms with Gasteiger partial charge in [-0.2, -0.15) is 0 Å². The van der Waals surface area contributed by atoms with E-state index in [9.17, 15) is 0 Å². The molecule has 82 valence electrons. The lowest BCUT2D eigenvalue weighted by Crippen LogP contribution is -1.89. The number of nitrogens with zero attached hydrogens (tertiary/aromatic N) is 2. The molecule has 0 N–H and O–H groups in total. The molecule has 0 aliphatic heterocycles. The summed E-state index contributed by atoms with van der Waals surface area (Å²) >= 11 is 0. The minimum Gasteiger partial charge on any atom is -0.254 e. The lowest BCUT2D eigenvalue weighted by atomic mass is 10.0. The van der Waals surface area contributed by atoms with Crippen LogP contribution < -0.4 is 0 Å². The van der Waals surface area contributed by atoms with E-state index in [4.69, 9.17) is 0 Å². The van der Waals surface area contributed by atoms with E-state index in [0.717, 1.165) is 22.8 Å². The van der Waals surface area contributed by atoms with Crippen LogP contribution in [0.4, 0.5) is 0 Å². The molecule has 0 amide bonds. The largest absolute Gasteiger partial charge is 0.254 e. The lowest BCUT2D eigenvalue weighted by molar-refractivity contribution is 1.27. The molecular formula is C15H12N2. The Morgan fingerprint density at radius 3 is 2.76 bits per heavy atom. The quantitative estimate of drug-likeness (QED) is 0.488. The van der Waals surface area contributed by atoms with E-state index in [-0.39, 0.29) is 0 Å². The van der Waals surface area contributed by atoms with Gasteiger partial charge in [-0.25, -0.2) is 0 Å². The molecule has 0 atom stereocenters. The van der Waals surface area contributed by atoms with Crippen molar-refractivity contribution in [3.63, 3.8) is 0 Å². The van der Waals surface area contributed by atoms with Crippen molar-refractivity contribution in [1.29, 1.82) is 0 Å². The molecule has 3 aromatic rings. The molecule has 2 heterocycles. The van der Waals surface area contributed by atoms with Crippen molar-refractivity contribution in [3.8, 4) is 0 Å². The Morgan fingerprint density at radius 1 is 1.00 bits per heavy atom. The molecule has 2 heteroatoms. The number of allylic oxidation sites excluding steroid dienone is 1. The molecule has 0 fully saturated rings. The molecule has 2 nitrogen and oxygen atoms in total. The zero-order valence-corrected chi connectivity index (χ0v) is 9.43. The summed E-state index contributed by atoms with van der Waals surface area (Å²) in [6.07, 6.45) is 6.42. The molecule has 3 rings (SSSR count). The van der Waals surface area contributed by atoms with Crippen molar-refractivity contribution >= 4 is 21.8 Å². The van der Waals surface area contributed by atoms with Crippen LogP contribution in [0.2, 0.25) is 0 Å². The molecule has 0 spiro atoms. The van der Waals surface area contributed by atoms with Gasteiger partial charge < -0.3 is 0 Å². The van der Waals surface area contributed by atoms with Gasteiger partial charge in [0.2, 0.25) is 0 Å². The Hall–Kier alpha value is -2.22. The molecule has 0 radical (unpaired) electrons. The van der Waals surface area contributed by atoms with Crippen LogP contribution in [0.15, 0.2) is 55.4 Å². The molecular weight excluding hydrogens is 208 g/mol. The van der Waals surface area contributed by atoms with Crippen LogP contribution in [-0.4, -0.2) is 9.97 Å². The van der Waals surface area contributed by atoms with Gasteiger partial charge in [-0.05, 0) is 24.1 Å². The SMILES string of the molecule is C=CCc1ccnc2c1ccc1cccnc12. The molecule has 1 aromatic carbocycles. The van der Waals surface area contributed by atoms with E-state index >= 15 is 0 Å². The number of hydrogen-bond donors (Lipinski definition) is 0. The van der Waals surface area contributed by atoms with E-state index in [0.29, 0.717) is 0 Å². The normalized spacial score (nSPS) is 10.8. The first kappa shape index (κ1) is 9.97. The van der Waals surface area contributed by atoms with Crippen molar-refractivity contribution in [1.82, 2.24) is 9.97 Å². The number of fused-ring (bicyclic) bond motifs is 3. The monoisotopic (exact) mass is 220 g/mol. The topological polar surface area (TPSA) is 25.8 Å². The fourth-order valence-electron chi connectivity index (χ4n) is 2.14. The second-order valence-corrected chi connectivity index (χ2v) is 4.00. The first-order valence-electron chi connectivity index (χ1n) is 5.62. The predicted octanol–water partition coefficient (Wildman–Crippen LogP) is 3.51. The number of rotatable bonds is 2. The van der Waals surface area contributed by atoms with Crippen molar-refractivity contribution in [2.24, 2.45) is 0 Å². The Balaban J connectivity index is 2.43. The summed E-state index contributed by atoms with van der Waals surface area (Å²) in [6.45, 7) is 3.79. The highest BCUT2D eigenvalue weighted by molar-refractivity contribution is 6.03. The van der Waals surface area contributed by atoms with Crippen molar-refractivity contribution in [2.75, 3.05) is 0 Å². The van der Waals surface area contributed by atoms with Crippen LogP contribution in [0.3, 0.4) is 0 Å². The van der Waals surface area contributed by atoms with Gasteiger partial charge in [0.1, 0.15) is 0 Å². The lowest BCUT2D eigenvalue weighted by Gasteiger charge is -2.05. The first-order chi connectivity index (χ1) is 8.40. The third-order valence-corrected chi connectivity index (χ3v) is 2.94. The zero-order valence-electron chi connectivity index (χ0n) is 9.43. The van der Waals surface area contributed by atoms with Gasteiger partial charge in [-0.15, -0.1) is 6.58 Å². The molecule has 0 unspecified atom stereocenters. The second-order valence-electron chi connectivity index (χ2n) is 4.00. The van der Waals surface area contributed by atoms with Crippen molar-refractivity contribution in [3.05, 3.63) is 60.9 Å². The van der Waals surface area contributed by atoms with Gasteiger partial charge in [0.15, 0.2) is 0 Å². The Morgan fingerprint density at radius 2 is 1.88 bits per heavy atom. The Bertz CT molecular complexity index is 701. The van der Waals surface area contributed by atoms with Crippen LogP contribution in [0.25, 0.3) is 21.8 Å². The minimum atomic E-state index is 0.858. The third-order valence-electron chi connectivity index (χ3n) is 2.94. The second kappa shape index (κ2) is 3.98. The fourth-order valence-corrected chi connectivity index (χ4v) is 2.14. The Labute approximate surface area is 99.6 Å². The zero-order chi connectivity index (χ0) is 11.7. The summed E-state index contributed by atoms with van der Waals surface area (Å²) in [4.78, 5) is 8.88. The van der Waals surface area contributed by atoms with Gasteiger partial charge in [-0.3, -0.25) is 9.97 Å². The number of aromatic nitrogens is 2. The average Bonchev–Trinajstić information content (AvgIpc) is 2.39. The third kappa shape index (κ3) is 1.58. The van der Waals surface area contributed by atoms with E-state index in [1.54, 1.807) is 0 Å². The summed E-state index contributed by atoms with van der Waals surface area (Å²) in [5.74, 6) is 0. The highest BCUT2D eigenvalue weighted by Crippen LogP contribution is 2.24. The molecule has 0 aliphatic rings. The maximum Gasteiger partial charge on any atom is 0.0967 e. The van der Waals surface area contributed by atoms with Gasteiger partial charge in [0.05, 0.1) is 11.0 Å². The van der Waals surface area contributed by atoms with Crippen LogP contribution in [0.1, 0.15) is 5.56 Å². The van der Waals surface area contributed by atoms with E-state index in [1.807, 2.05) is 30.6 Å². The van der Waals surface area contributed by atoms with Gasteiger partial charge in [-0.1, -0.05) is 24.3 Å². The first-order valence-corrected chi connectivity index (χ1v) is 5.62. The van der Waals surface area contributed by atoms with Crippen LogP contribution in [0, 0.1) is 0 Å². The number of hydrogen-bond acceptors (Lipinski definition) is 2.